The molecule has 0 bridgehead atoms. The van der Waals surface area contributed by atoms with Gasteiger partial charge in [-0.25, -0.2) is 4.79 Å². The maximum atomic E-state index is 12.6. The minimum atomic E-state index is -0.543. The van der Waals surface area contributed by atoms with Gasteiger partial charge in [-0.2, -0.15) is 0 Å². The lowest BCUT2D eigenvalue weighted by atomic mass is 10.1. The van der Waals surface area contributed by atoms with Crippen LogP contribution < -0.4 is 5.73 Å². The van der Waals surface area contributed by atoms with Crippen molar-refractivity contribution < 1.29 is 14.3 Å². The van der Waals surface area contributed by atoms with Crippen LogP contribution in [-0.4, -0.2) is 36.0 Å². The molecule has 1 atom stereocenters. The number of carbonyl (C=O) groups excluding carboxylic acids is 2. The molecule has 0 radical (unpaired) electrons. The average molecular weight is 297 g/mol. The highest BCUT2D eigenvalue weighted by atomic mass is 35.5. The fourth-order valence-electron chi connectivity index (χ4n) is 2.40. The Kier molecular flexibility index (Phi) is 4.49. The Bertz CT molecular complexity index is 513. The lowest BCUT2D eigenvalue weighted by Crippen LogP contribution is -2.41. The van der Waals surface area contributed by atoms with Crippen molar-refractivity contribution in [2.45, 2.75) is 25.8 Å². The summed E-state index contributed by atoms with van der Waals surface area (Å²) < 4.78 is 5.01. The fourth-order valence-corrected chi connectivity index (χ4v) is 2.67. The highest BCUT2D eigenvalue weighted by Crippen LogP contribution is 2.28. The van der Waals surface area contributed by atoms with E-state index in [0.717, 1.165) is 6.42 Å². The topological polar surface area (TPSA) is 72.6 Å². The molecule has 108 valence electrons. The van der Waals surface area contributed by atoms with Crippen molar-refractivity contribution in [1.82, 2.24) is 4.90 Å². The number of nitrogens with two attached hydrogens (primary N) is 1. The number of esters is 1. The molecule has 1 amide bonds. The molecule has 1 aliphatic heterocycles. The number of amides is 1. The maximum Gasteiger partial charge on any atom is 0.328 e. The summed E-state index contributed by atoms with van der Waals surface area (Å²) in [6, 6.07) is 4.37. The molecule has 20 heavy (non-hydrogen) atoms. The second-order valence-corrected chi connectivity index (χ2v) is 5.02. The zero-order chi connectivity index (χ0) is 14.7. The summed E-state index contributed by atoms with van der Waals surface area (Å²) in [7, 11) is 0. The average Bonchev–Trinajstić information content (AvgIpc) is 2.87. The number of hydrogen-bond donors (Lipinski definition) is 1. The first-order valence-electron chi connectivity index (χ1n) is 6.57. The van der Waals surface area contributed by atoms with Crippen molar-refractivity contribution in [2.75, 3.05) is 18.9 Å². The monoisotopic (exact) mass is 296 g/mol. The minimum Gasteiger partial charge on any atom is -0.464 e. The first-order valence-corrected chi connectivity index (χ1v) is 6.95. The Morgan fingerprint density at radius 2 is 2.25 bits per heavy atom. The van der Waals surface area contributed by atoms with Crippen LogP contribution >= 0.6 is 11.6 Å². The lowest BCUT2D eigenvalue weighted by Gasteiger charge is -2.24. The van der Waals surface area contributed by atoms with Crippen LogP contribution in [0.1, 0.15) is 30.1 Å². The molecule has 1 heterocycles. The van der Waals surface area contributed by atoms with Gasteiger partial charge in [0.15, 0.2) is 0 Å². The van der Waals surface area contributed by atoms with Crippen LogP contribution in [0.25, 0.3) is 0 Å². The van der Waals surface area contributed by atoms with Crippen LogP contribution in [0, 0.1) is 0 Å². The van der Waals surface area contributed by atoms with Gasteiger partial charge in [-0.15, -0.1) is 0 Å². The molecule has 1 saturated heterocycles. The second-order valence-electron chi connectivity index (χ2n) is 4.61. The van der Waals surface area contributed by atoms with Crippen molar-refractivity contribution in [3.63, 3.8) is 0 Å². The highest BCUT2D eigenvalue weighted by molar-refractivity contribution is 6.34. The van der Waals surface area contributed by atoms with Gasteiger partial charge < -0.3 is 15.4 Å². The molecule has 6 heteroatoms. The van der Waals surface area contributed by atoms with Crippen LogP contribution in [0.2, 0.25) is 5.02 Å². The van der Waals surface area contributed by atoms with Gasteiger partial charge in [-0.1, -0.05) is 17.7 Å². The predicted molar refractivity (Wildman–Crippen MR) is 76.6 cm³/mol. The smallest absolute Gasteiger partial charge is 0.328 e. The fraction of sp³-hybridized carbons (Fsp3) is 0.429. The lowest BCUT2D eigenvalue weighted by molar-refractivity contribution is -0.147. The summed E-state index contributed by atoms with van der Waals surface area (Å²) in [5.41, 5.74) is 6.39. The van der Waals surface area contributed by atoms with E-state index in [1.54, 1.807) is 25.1 Å². The first-order chi connectivity index (χ1) is 9.56. The van der Waals surface area contributed by atoms with E-state index in [1.807, 2.05) is 0 Å². The van der Waals surface area contributed by atoms with Crippen LogP contribution in [-0.2, 0) is 9.53 Å². The molecule has 2 N–H and O–H groups in total. The number of halogens is 1. The van der Waals surface area contributed by atoms with E-state index in [-0.39, 0.29) is 17.4 Å². The summed E-state index contributed by atoms with van der Waals surface area (Å²) in [4.78, 5) is 25.9. The molecule has 0 aromatic heterocycles. The molecule has 1 fully saturated rings. The van der Waals surface area contributed by atoms with Gasteiger partial charge >= 0.3 is 5.97 Å². The zero-order valence-electron chi connectivity index (χ0n) is 11.3. The molecule has 1 aromatic rings. The number of rotatable bonds is 3. The number of benzene rings is 1. The first kappa shape index (κ1) is 14.7. The van der Waals surface area contributed by atoms with Crippen molar-refractivity contribution in [3.05, 3.63) is 28.8 Å². The molecule has 1 unspecified atom stereocenters. The van der Waals surface area contributed by atoms with Crippen LogP contribution in [0.3, 0.4) is 0 Å². The Morgan fingerprint density at radius 1 is 1.50 bits per heavy atom. The van der Waals surface area contributed by atoms with Crippen molar-refractivity contribution in [1.29, 1.82) is 0 Å². The Balaban J connectivity index is 2.26. The second kappa shape index (κ2) is 6.13. The summed E-state index contributed by atoms with van der Waals surface area (Å²) in [5, 5.41) is 0.296. The van der Waals surface area contributed by atoms with Crippen LogP contribution in [0.4, 0.5) is 5.69 Å². The van der Waals surface area contributed by atoms with Gasteiger partial charge in [0.05, 0.1) is 17.2 Å². The number of likely N-dealkylation sites (tertiary alicyclic amines) is 1. The van der Waals surface area contributed by atoms with Gasteiger partial charge in [0, 0.05) is 12.2 Å². The molecular weight excluding hydrogens is 280 g/mol. The van der Waals surface area contributed by atoms with Gasteiger partial charge in [0.2, 0.25) is 0 Å². The summed E-state index contributed by atoms with van der Waals surface area (Å²) >= 11 is 6.05. The molecule has 5 nitrogen and oxygen atoms in total. The summed E-state index contributed by atoms with van der Waals surface area (Å²) in [5.74, 6) is -0.687. The number of carbonyl (C=O) groups is 2. The number of hydrogen-bond acceptors (Lipinski definition) is 4. The normalized spacial score (nSPS) is 18.1. The quantitative estimate of drug-likeness (QED) is 0.685. The number of anilines is 1. The van der Waals surface area contributed by atoms with Gasteiger partial charge in [-0.05, 0) is 31.9 Å². The van der Waals surface area contributed by atoms with Gasteiger partial charge in [-0.3, -0.25) is 4.79 Å². The third-order valence-electron chi connectivity index (χ3n) is 3.33. The van der Waals surface area contributed by atoms with Crippen LogP contribution in [0.15, 0.2) is 18.2 Å². The van der Waals surface area contributed by atoms with E-state index in [1.165, 1.54) is 4.90 Å². The van der Waals surface area contributed by atoms with E-state index < -0.39 is 6.04 Å². The Labute approximate surface area is 122 Å². The summed E-state index contributed by atoms with van der Waals surface area (Å²) in [6.07, 6.45) is 1.37. The number of ether oxygens (including phenoxy) is 1. The standard InChI is InChI=1S/C14H17ClN2O3/c1-2-20-14(19)11-7-4-8-17(11)13(18)12-9(15)5-3-6-10(12)16/h3,5-6,11H,2,4,7-8,16H2,1H3. The number of nitrogen functional groups attached to an aromatic ring is 1. The van der Waals surface area contributed by atoms with Crippen molar-refractivity contribution in [2.24, 2.45) is 0 Å². The highest BCUT2D eigenvalue weighted by Gasteiger charge is 2.36. The van der Waals surface area contributed by atoms with Crippen molar-refractivity contribution >= 4 is 29.2 Å². The van der Waals surface area contributed by atoms with Crippen LogP contribution in [0.5, 0.6) is 0 Å². The third kappa shape index (κ3) is 2.72. The van der Waals surface area contributed by atoms with Gasteiger partial charge in [0.25, 0.3) is 5.91 Å². The SMILES string of the molecule is CCOC(=O)C1CCCN1C(=O)c1c(N)cccc1Cl. The Morgan fingerprint density at radius 3 is 2.90 bits per heavy atom. The predicted octanol–water partition coefficient (Wildman–Crippen LogP) is 2.09. The van der Waals surface area contributed by atoms with E-state index in [4.69, 9.17) is 22.1 Å². The maximum absolute atomic E-state index is 12.6. The molecular formula is C14H17ClN2O3. The molecule has 1 aromatic carbocycles. The van der Waals surface area contributed by atoms with E-state index >= 15 is 0 Å². The minimum absolute atomic E-state index is 0.255. The Hall–Kier alpha value is -1.75. The molecule has 0 spiro atoms. The van der Waals surface area contributed by atoms with E-state index in [2.05, 4.69) is 0 Å². The third-order valence-corrected chi connectivity index (χ3v) is 3.65. The van der Waals surface area contributed by atoms with E-state index in [9.17, 15) is 9.59 Å². The molecule has 0 saturated carbocycles. The number of nitrogens with zero attached hydrogens (tertiary/aromatic N) is 1. The molecule has 0 aliphatic carbocycles. The van der Waals surface area contributed by atoms with E-state index in [0.29, 0.717) is 30.3 Å². The molecule has 2 rings (SSSR count). The molecule has 1 aliphatic rings. The van der Waals surface area contributed by atoms with Gasteiger partial charge in [0.1, 0.15) is 6.04 Å². The summed E-state index contributed by atoms with van der Waals surface area (Å²) in [6.45, 7) is 2.55. The van der Waals surface area contributed by atoms with Crippen molar-refractivity contribution in [3.8, 4) is 0 Å². The zero-order valence-corrected chi connectivity index (χ0v) is 12.0. The largest absolute Gasteiger partial charge is 0.464 e.